The van der Waals surface area contributed by atoms with Crippen molar-refractivity contribution in [3.63, 3.8) is 0 Å². The van der Waals surface area contributed by atoms with Gasteiger partial charge in [-0.05, 0) is 6.42 Å². The van der Waals surface area contributed by atoms with Crippen LogP contribution in [0.5, 0.6) is 0 Å². The second kappa shape index (κ2) is 6.10. The van der Waals surface area contributed by atoms with Gasteiger partial charge in [0.25, 0.3) is 0 Å². The van der Waals surface area contributed by atoms with Gasteiger partial charge in [-0.2, -0.15) is 0 Å². The van der Waals surface area contributed by atoms with E-state index in [1.165, 1.54) is 0 Å². The smallest absolute Gasteiger partial charge is 0.321 e. The van der Waals surface area contributed by atoms with Crippen LogP contribution in [0.2, 0.25) is 0 Å². The Morgan fingerprint density at radius 2 is 2.17 bits per heavy atom. The van der Waals surface area contributed by atoms with Crippen molar-refractivity contribution in [3.05, 3.63) is 0 Å². The van der Waals surface area contributed by atoms with Crippen molar-refractivity contribution in [2.24, 2.45) is 5.73 Å². The molecule has 0 aliphatic rings. The molecule has 6 heteroatoms. The molecule has 1 unspecified atom stereocenters. The molecule has 0 radical (unpaired) electrons. The van der Waals surface area contributed by atoms with Gasteiger partial charge in [-0.1, -0.05) is 0 Å². The molecule has 0 aromatic carbocycles. The molecule has 0 saturated heterocycles. The SMILES string of the molecule is N[C@@H](CS(=O)CCCO)C(=O)O. The lowest BCUT2D eigenvalue weighted by atomic mass is 10.4. The fraction of sp³-hybridized carbons (Fsp3) is 0.833. The van der Waals surface area contributed by atoms with Crippen LogP contribution < -0.4 is 5.73 Å². The number of carboxylic acids is 1. The molecular formula is C6H13NO4S. The highest BCUT2D eigenvalue weighted by atomic mass is 32.2. The van der Waals surface area contributed by atoms with Crippen LogP contribution in [-0.2, 0) is 15.6 Å². The largest absolute Gasteiger partial charge is 0.480 e. The topological polar surface area (TPSA) is 101 Å². The molecule has 72 valence electrons. The standard InChI is InChI=1S/C6H13NO4S/c7-5(6(9)10)4-12(11)3-1-2-8/h5,8H,1-4,7H2,(H,9,10)/t5-,12?/m0/s1. The summed E-state index contributed by atoms with van der Waals surface area (Å²) in [6.45, 7) is -0.0337. The summed E-state index contributed by atoms with van der Waals surface area (Å²) >= 11 is 0. The van der Waals surface area contributed by atoms with Gasteiger partial charge >= 0.3 is 5.97 Å². The van der Waals surface area contributed by atoms with Crippen molar-refractivity contribution in [2.75, 3.05) is 18.1 Å². The third-order valence-electron chi connectivity index (χ3n) is 1.21. The van der Waals surface area contributed by atoms with Crippen molar-refractivity contribution in [2.45, 2.75) is 12.5 Å². The molecule has 0 bridgehead atoms. The van der Waals surface area contributed by atoms with Gasteiger partial charge in [-0.25, -0.2) is 0 Å². The predicted molar refractivity (Wildman–Crippen MR) is 45.2 cm³/mol. The van der Waals surface area contributed by atoms with Gasteiger partial charge < -0.3 is 15.9 Å². The summed E-state index contributed by atoms with van der Waals surface area (Å²) in [7, 11) is -1.24. The van der Waals surface area contributed by atoms with E-state index in [1.807, 2.05) is 0 Å². The Morgan fingerprint density at radius 1 is 1.58 bits per heavy atom. The van der Waals surface area contributed by atoms with E-state index in [0.717, 1.165) is 0 Å². The van der Waals surface area contributed by atoms with Crippen molar-refractivity contribution < 1.29 is 19.2 Å². The average Bonchev–Trinajstić information content (AvgIpc) is 2.00. The molecule has 0 heterocycles. The number of rotatable bonds is 6. The highest BCUT2D eigenvalue weighted by Gasteiger charge is 2.14. The number of hydrogen-bond donors (Lipinski definition) is 3. The van der Waals surface area contributed by atoms with Gasteiger partial charge in [0.15, 0.2) is 0 Å². The first-order valence-corrected chi connectivity index (χ1v) is 5.01. The first-order valence-electron chi connectivity index (χ1n) is 3.52. The zero-order valence-corrected chi connectivity index (χ0v) is 7.42. The number of hydrogen-bond acceptors (Lipinski definition) is 4. The molecule has 0 aromatic rings. The highest BCUT2D eigenvalue weighted by molar-refractivity contribution is 7.85. The van der Waals surface area contributed by atoms with Crippen molar-refractivity contribution in [1.82, 2.24) is 0 Å². The van der Waals surface area contributed by atoms with E-state index in [0.29, 0.717) is 12.2 Å². The molecule has 4 N–H and O–H groups in total. The number of aliphatic hydroxyl groups excluding tert-OH is 1. The maximum absolute atomic E-state index is 11.0. The minimum absolute atomic E-state index is 0.0337. The summed E-state index contributed by atoms with van der Waals surface area (Å²) in [6, 6.07) is -1.07. The van der Waals surface area contributed by atoms with Gasteiger partial charge in [-0.3, -0.25) is 9.00 Å². The van der Waals surface area contributed by atoms with Crippen LogP contribution in [0.15, 0.2) is 0 Å². The molecule has 0 fully saturated rings. The molecule has 0 saturated carbocycles. The van der Waals surface area contributed by atoms with Crippen LogP contribution in [0, 0.1) is 0 Å². The molecule has 0 aliphatic heterocycles. The van der Waals surface area contributed by atoms with Gasteiger partial charge in [0, 0.05) is 28.9 Å². The lowest BCUT2D eigenvalue weighted by Gasteiger charge is -2.04. The van der Waals surface area contributed by atoms with Gasteiger partial charge in [0.1, 0.15) is 6.04 Å². The monoisotopic (exact) mass is 195 g/mol. The van der Waals surface area contributed by atoms with Crippen LogP contribution in [0.3, 0.4) is 0 Å². The van der Waals surface area contributed by atoms with Crippen molar-refractivity contribution in [1.29, 1.82) is 0 Å². The van der Waals surface area contributed by atoms with Crippen molar-refractivity contribution >= 4 is 16.8 Å². The summed E-state index contributed by atoms with van der Waals surface area (Å²) in [5.41, 5.74) is 5.13. The second-order valence-corrected chi connectivity index (χ2v) is 3.95. The van der Waals surface area contributed by atoms with E-state index < -0.39 is 22.8 Å². The normalized spacial score (nSPS) is 15.5. The number of carboxylic acid groups (broad SMARTS) is 1. The fourth-order valence-corrected chi connectivity index (χ4v) is 1.74. The van der Waals surface area contributed by atoms with E-state index >= 15 is 0 Å². The predicted octanol–water partition coefficient (Wildman–Crippen LogP) is -1.47. The minimum Gasteiger partial charge on any atom is -0.480 e. The molecule has 5 nitrogen and oxygen atoms in total. The number of nitrogens with two attached hydrogens (primary N) is 1. The van der Waals surface area contributed by atoms with Gasteiger partial charge in [-0.15, -0.1) is 0 Å². The van der Waals surface area contributed by atoms with Crippen molar-refractivity contribution in [3.8, 4) is 0 Å². The zero-order valence-electron chi connectivity index (χ0n) is 6.60. The summed E-state index contributed by atoms with van der Waals surface area (Å²) in [4.78, 5) is 10.2. The first-order chi connectivity index (χ1) is 5.57. The van der Waals surface area contributed by atoms with Gasteiger partial charge in [0.2, 0.25) is 0 Å². The molecule has 0 amide bonds. The Morgan fingerprint density at radius 3 is 2.58 bits per heavy atom. The average molecular weight is 195 g/mol. The molecule has 0 rings (SSSR count). The molecule has 0 aliphatic carbocycles. The maximum Gasteiger partial charge on any atom is 0.321 e. The van der Waals surface area contributed by atoms with E-state index in [9.17, 15) is 9.00 Å². The number of carbonyl (C=O) groups is 1. The van der Waals surface area contributed by atoms with Crippen LogP contribution in [0.25, 0.3) is 0 Å². The second-order valence-electron chi connectivity index (χ2n) is 2.33. The quantitative estimate of drug-likeness (QED) is 0.480. The summed E-state index contributed by atoms with van der Waals surface area (Å²) in [5, 5.41) is 16.7. The molecule has 0 aromatic heterocycles. The van der Waals surface area contributed by atoms with Crippen LogP contribution >= 0.6 is 0 Å². The Kier molecular flexibility index (Phi) is 5.87. The van der Waals surface area contributed by atoms with E-state index in [2.05, 4.69) is 0 Å². The first kappa shape index (κ1) is 11.5. The van der Waals surface area contributed by atoms with Crippen LogP contribution in [0.1, 0.15) is 6.42 Å². The molecular weight excluding hydrogens is 182 g/mol. The fourth-order valence-electron chi connectivity index (χ4n) is 0.580. The minimum atomic E-state index is -1.24. The summed E-state index contributed by atoms with van der Waals surface area (Å²) < 4.78 is 11.0. The molecule has 0 spiro atoms. The third kappa shape index (κ3) is 5.22. The Bertz CT molecular complexity index is 173. The highest BCUT2D eigenvalue weighted by Crippen LogP contribution is 1.90. The summed E-state index contributed by atoms with van der Waals surface area (Å²) in [5.74, 6) is -0.889. The number of aliphatic carboxylic acids is 1. The third-order valence-corrected chi connectivity index (χ3v) is 2.69. The number of aliphatic hydroxyl groups is 1. The lowest BCUT2D eigenvalue weighted by Crippen LogP contribution is -2.36. The van der Waals surface area contributed by atoms with E-state index in [1.54, 1.807) is 0 Å². The molecule has 2 atom stereocenters. The molecule has 12 heavy (non-hydrogen) atoms. The Balaban J connectivity index is 3.61. The van der Waals surface area contributed by atoms with Gasteiger partial charge in [0.05, 0.1) is 0 Å². The van der Waals surface area contributed by atoms with E-state index in [4.69, 9.17) is 15.9 Å². The summed E-state index contributed by atoms with van der Waals surface area (Å²) in [6.07, 6.45) is 0.416. The van der Waals surface area contributed by atoms with E-state index in [-0.39, 0.29) is 12.4 Å². The Hall–Kier alpha value is -0.460. The van der Waals surface area contributed by atoms with Crippen LogP contribution in [0.4, 0.5) is 0 Å². The maximum atomic E-state index is 11.0. The zero-order chi connectivity index (χ0) is 9.56. The Labute approximate surface area is 73.0 Å². The van der Waals surface area contributed by atoms with Crippen LogP contribution in [-0.4, -0.2) is 44.5 Å². The lowest BCUT2D eigenvalue weighted by molar-refractivity contribution is -0.137.